The summed E-state index contributed by atoms with van der Waals surface area (Å²) in [4.78, 5) is 4.69. The minimum absolute atomic E-state index is 0.294. The zero-order valence-electron chi connectivity index (χ0n) is 9.32. The Labute approximate surface area is 93.3 Å². The molecular weight excluding hydrogens is 351 g/mol. The van der Waals surface area contributed by atoms with E-state index in [0.29, 0.717) is 6.61 Å². The Hall–Kier alpha value is 1.20. The van der Waals surface area contributed by atoms with Gasteiger partial charge in [0.15, 0.2) is 0 Å². The van der Waals surface area contributed by atoms with Gasteiger partial charge in [-0.15, -0.1) is 0 Å². The number of aliphatic hydroxyl groups excluding tert-OH is 1. The van der Waals surface area contributed by atoms with E-state index in [1.165, 1.54) is 3.59 Å². The van der Waals surface area contributed by atoms with Crippen LogP contribution in [0.15, 0.2) is 9.29 Å². The van der Waals surface area contributed by atoms with Crippen LogP contribution in [0.1, 0.15) is 6.42 Å². The second-order valence-corrected chi connectivity index (χ2v) is 33.5. The molecule has 0 bridgehead atoms. The van der Waals surface area contributed by atoms with Gasteiger partial charge in [-0.2, -0.15) is 0 Å². The van der Waals surface area contributed by atoms with Gasteiger partial charge in [0, 0.05) is 0 Å². The molecule has 0 unspecified atom stereocenters. The van der Waals surface area contributed by atoms with E-state index < -0.39 is 24.2 Å². The molecule has 0 saturated heterocycles. The monoisotopic (exact) mass is 372 g/mol. The van der Waals surface area contributed by atoms with Crippen LogP contribution < -0.4 is 0 Å². The van der Waals surface area contributed by atoms with E-state index >= 15 is 0 Å². The number of hydrogen-bond donors (Lipinski definition) is 1. The number of hydrogen-bond acceptors (Lipinski definition) is 1. The van der Waals surface area contributed by atoms with E-state index in [4.69, 9.17) is 5.11 Å². The van der Waals surface area contributed by atoms with Gasteiger partial charge in [-0.25, -0.2) is 0 Å². The van der Waals surface area contributed by atoms with Crippen molar-refractivity contribution in [3.63, 3.8) is 0 Å². The molecule has 0 atom stereocenters. The summed E-state index contributed by atoms with van der Waals surface area (Å²) in [7, 11) is -1.12. The molecule has 0 amide bonds. The van der Waals surface area contributed by atoms with Gasteiger partial charge in [-0.05, 0) is 0 Å². The normalized spacial score (nSPS) is 14.8. The Morgan fingerprint density at radius 1 is 1.38 bits per heavy atom. The third-order valence-corrected chi connectivity index (χ3v) is 12.7. The molecule has 0 aromatic carbocycles. The number of aliphatic hydroxyl groups is 1. The van der Waals surface area contributed by atoms with E-state index in [0.717, 1.165) is 6.42 Å². The zero-order chi connectivity index (χ0) is 10.7. The van der Waals surface area contributed by atoms with E-state index in [9.17, 15) is 0 Å². The van der Waals surface area contributed by atoms with Crippen molar-refractivity contribution in [2.45, 2.75) is 35.9 Å². The first-order valence-electron chi connectivity index (χ1n) is 4.69. The van der Waals surface area contributed by atoms with Gasteiger partial charge < -0.3 is 0 Å². The van der Waals surface area contributed by atoms with Crippen LogP contribution in [0.3, 0.4) is 0 Å². The Bertz CT molecular complexity index is 191. The van der Waals surface area contributed by atoms with Gasteiger partial charge >= 0.3 is 93.9 Å². The van der Waals surface area contributed by atoms with Crippen molar-refractivity contribution in [3.8, 4) is 0 Å². The van der Waals surface area contributed by atoms with Crippen LogP contribution in [0.4, 0.5) is 0 Å². The SMILES string of the molecule is C[Si](C)(C)/C=[C](/CCO)[Sn]([CH3])([CH3])[Br]. The van der Waals surface area contributed by atoms with E-state index in [2.05, 4.69) is 47.9 Å². The summed E-state index contributed by atoms with van der Waals surface area (Å²) in [6.07, 6.45) is 0.874. The van der Waals surface area contributed by atoms with Gasteiger partial charge in [0.25, 0.3) is 0 Å². The molecule has 0 heterocycles. The summed E-state index contributed by atoms with van der Waals surface area (Å²) in [5, 5.41) is 8.98. The predicted octanol–water partition coefficient (Wildman–Crippen LogP) is 3.31. The summed E-state index contributed by atoms with van der Waals surface area (Å²) in [6.45, 7) is 7.32. The Morgan fingerprint density at radius 3 is 2.08 bits per heavy atom. The molecule has 0 aliphatic carbocycles. The van der Waals surface area contributed by atoms with Crippen LogP contribution in [0.2, 0.25) is 29.5 Å². The van der Waals surface area contributed by atoms with Gasteiger partial charge in [-0.3, -0.25) is 0 Å². The van der Waals surface area contributed by atoms with Crippen LogP contribution in [0.25, 0.3) is 0 Å². The van der Waals surface area contributed by atoms with Gasteiger partial charge in [0.2, 0.25) is 0 Å². The summed E-state index contributed by atoms with van der Waals surface area (Å²) in [5.74, 6) is 0. The van der Waals surface area contributed by atoms with Crippen molar-refractivity contribution in [2.24, 2.45) is 0 Å². The third-order valence-electron chi connectivity index (χ3n) is 1.75. The quantitative estimate of drug-likeness (QED) is 0.752. The molecule has 0 aliphatic rings. The van der Waals surface area contributed by atoms with Crippen molar-refractivity contribution in [1.29, 1.82) is 0 Å². The molecule has 0 aromatic heterocycles. The first kappa shape index (κ1) is 14.2. The predicted molar refractivity (Wildman–Crippen MR) is 69.5 cm³/mol. The average molecular weight is 372 g/mol. The molecule has 1 nitrogen and oxygen atoms in total. The van der Waals surface area contributed by atoms with Gasteiger partial charge in [0.1, 0.15) is 0 Å². The molecule has 0 aliphatic heterocycles. The Balaban J connectivity index is 4.71. The molecule has 0 radical (unpaired) electrons. The Morgan fingerprint density at radius 2 is 1.85 bits per heavy atom. The number of rotatable bonds is 4. The van der Waals surface area contributed by atoms with Gasteiger partial charge in [0.05, 0.1) is 0 Å². The van der Waals surface area contributed by atoms with Crippen molar-refractivity contribution in [3.05, 3.63) is 9.29 Å². The second-order valence-electron chi connectivity index (χ2n) is 4.98. The topological polar surface area (TPSA) is 20.2 Å². The van der Waals surface area contributed by atoms with Crippen molar-refractivity contribution in [2.75, 3.05) is 6.61 Å². The first-order valence-corrected chi connectivity index (χ1v) is 21.8. The Kier molecular flexibility index (Phi) is 5.82. The summed E-state index contributed by atoms with van der Waals surface area (Å²) in [5.41, 5.74) is 2.47. The summed E-state index contributed by atoms with van der Waals surface area (Å²) < 4.78 is 1.54. The first-order chi connectivity index (χ1) is 5.67. The molecule has 0 spiro atoms. The maximum atomic E-state index is 8.98. The molecule has 0 rings (SSSR count). The molecule has 0 aromatic rings. The summed E-state index contributed by atoms with van der Waals surface area (Å²) >= 11 is 1.77. The van der Waals surface area contributed by atoms with Crippen LogP contribution in [-0.2, 0) is 0 Å². The van der Waals surface area contributed by atoms with Crippen molar-refractivity contribution in [1.82, 2.24) is 0 Å². The third kappa shape index (κ3) is 7.16. The molecular formula is C9H21BrOSiSn. The van der Waals surface area contributed by atoms with Crippen LogP contribution in [0.5, 0.6) is 0 Å². The van der Waals surface area contributed by atoms with E-state index in [-0.39, 0.29) is 0 Å². The fourth-order valence-corrected chi connectivity index (χ4v) is 15.0. The van der Waals surface area contributed by atoms with E-state index in [1.54, 1.807) is 0 Å². The zero-order valence-corrected chi connectivity index (χ0v) is 14.8. The second kappa shape index (κ2) is 5.33. The molecule has 4 heteroatoms. The maximum absolute atomic E-state index is 8.98. The van der Waals surface area contributed by atoms with Crippen LogP contribution in [0, 0.1) is 0 Å². The van der Waals surface area contributed by atoms with Crippen molar-refractivity contribution >= 4 is 36.9 Å². The van der Waals surface area contributed by atoms with Crippen molar-refractivity contribution < 1.29 is 5.11 Å². The number of halogens is 1. The van der Waals surface area contributed by atoms with E-state index in [1.807, 2.05) is 0 Å². The van der Waals surface area contributed by atoms with Gasteiger partial charge in [-0.1, -0.05) is 0 Å². The fourth-order valence-electron chi connectivity index (χ4n) is 1.18. The molecule has 0 fully saturated rings. The molecule has 78 valence electrons. The van der Waals surface area contributed by atoms with Crippen LogP contribution in [-0.4, -0.2) is 35.9 Å². The molecule has 0 saturated carbocycles. The molecule has 1 N–H and O–H groups in total. The average Bonchev–Trinajstić information content (AvgIpc) is 1.81. The minimum atomic E-state index is -2.08. The summed E-state index contributed by atoms with van der Waals surface area (Å²) in [6, 6.07) is 0. The fraction of sp³-hybridized carbons (Fsp3) is 0.778. The van der Waals surface area contributed by atoms with Crippen LogP contribution >= 0.6 is 12.7 Å². The standard InChI is InChI=1S/C7H15OSi.2CH3.BrH.Sn/c1-9(2,3)7-5-4-6-8;;;;/h7-8H,4,6H2,1-3H3;2*1H3;1H;/q;;;;+1/p-1. The molecule has 13 heavy (non-hydrogen) atoms.